The summed E-state index contributed by atoms with van der Waals surface area (Å²) in [6.45, 7) is 6.03. The van der Waals surface area contributed by atoms with Crippen LogP contribution < -0.4 is 10.5 Å². The van der Waals surface area contributed by atoms with E-state index in [2.05, 4.69) is 0 Å². The topological polar surface area (TPSA) is 52.3 Å². The van der Waals surface area contributed by atoms with Crippen molar-refractivity contribution in [2.45, 2.75) is 27.2 Å². The molecule has 1 amide bonds. The largest absolute Gasteiger partial charge is 0.496 e. The molecule has 1 rings (SSSR count). The highest BCUT2D eigenvalue weighted by Gasteiger charge is 2.05. The van der Waals surface area contributed by atoms with E-state index in [0.29, 0.717) is 5.56 Å². The monoisotopic (exact) mass is 209 g/mol. The molecule has 0 aromatic heterocycles. The molecule has 0 bridgehead atoms. The SMILES string of the molecule is CC.CCc1ccc(C(N)=O)cc1OC. The Labute approximate surface area is 91.2 Å². The predicted molar refractivity (Wildman–Crippen MR) is 62.2 cm³/mol. The lowest BCUT2D eigenvalue weighted by Gasteiger charge is -2.07. The minimum Gasteiger partial charge on any atom is -0.496 e. The third kappa shape index (κ3) is 3.62. The Bertz CT molecular complexity index is 321. The molecule has 0 aliphatic heterocycles. The first kappa shape index (κ1) is 13.5. The van der Waals surface area contributed by atoms with Crippen LogP contribution in [0, 0.1) is 0 Å². The maximum absolute atomic E-state index is 10.8. The number of primary amides is 1. The van der Waals surface area contributed by atoms with Gasteiger partial charge in [-0.1, -0.05) is 26.8 Å². The van der Waals surface area contributed by atoms with Crippen molar-refractivity contribution in [2.75, 3.05) is 7.11 Å². The number of nitrogens with two attached hydrogens (primary N) is 1. The molecule has 0 aliphatic rings. The van der Waals surface area contributed by atoms with E-state index in [1.807, 2.05) is 26.8 Å². The number of carbonyl (C=O) groups is 1. The predicted octanol–water partition coefficient (Wildman–Crippen LogP) is 2.38. The molecule has 0 heterocycles. The first-order chi connectivity index (χ1) is 7.19. The van der Waals surface area contributed by atoms with Crippen LogP contribution >= 0.6 is 0 Å². The third-order valence-corrected chi connectivity index (χ3v) is 1.95. The Kier molecular flexibility index (Phi) is 6.18. The van der Waals surface area contributed by atoms with E-state index in [4.69, 9.17) is 10.5 Å². The second-order valence-corrected chi connectivity index (χ2v) is 2.74. The summed E-state index contributed by atoms with van der Waals surface area (Å²) in [5, 5.41) is 0. The van der Waals surface area contributed by atoms with Gasteiger partial charge >= 0.3 is 0 Å². The van der Waals surface area contributed by atoms with Crippen molar-refractivity contribution in [3.05, 3.63) is 29.3 Å². The molecule has 15 heavy (non-hydrogen) atoms. The molecule has 0 unspecified atom stereocenters. The molecule has 0 spiro atoms. The Balaban J connectivity index is 0.000000921. The summed E-state index contributed by atoms with van der Waals surface area (Å²) >= 11 is 0. The highest BCUT2D eigenvalue weighted by atomic mass is 16.5. The van der Waals surface area contributed by atoms with Crippen molar-refractivity contribution in [3.8, 4) is 5.75 Å². The van der Waals surface area contributed by atoms with Crippen molar-refractivity contribution in [1.29, 1.82) is 0 Å². The number of aryl methyl sites for hydroxylation is 1. The normalized spacial score (nSPS) is 8.80. The molecule has 84 valence electrons. The lowest BCUT2D eigenvalue weighted by Crippen LogP contribution is -2.11. The third-order valence-electron chi connectivity index (χ3n) is 1.95. The molecular weight excluding hydrogens is 190 g/mol. The Morgan fingerprint density at radius 2 is 2.00 bits per heavy atom. The number of rotatable bonds is 3. The average Bonchev–Trinajstić information content (AvgIpc) is 2.30. The zero-order valence-electron chi connectivity index (χ0n) is 9.83. The quantitative estimate of drug-likeness (QED) is 0.831. The molecule has 0 radical (unpaired) electrons. The lowest BCUT2D eigenvalue weighted by molar-refractivity contribution is 0.1000. The lowest BCUT2D eigenvalue weighted by atomic mass is 10.1. The summed E-state index contributed by atoms with van der Waals surface area (Å²) < 4.78 is 5.12. The second-order valence-electron chi connectivity index (χ2n) is 2.74. The van der Waals surface area contributed by atoms with Crippen LogP contribution in [0.4, 0.5) is 0 Å². The molecule has 0 saturated heterocycles. The van der Waals surface area contributed by atoms with Gasteiger partial charge in [-0.05, 0) is 24.1 Å². The van der Waals surface area contributed by atoms with Crippen LogP contribution in [-0.4, -0.2) is 13.0 Å². The molecule has 0 saturated carbocycles. The van der Waals surface area contributed by atoms with Crippen LogP contribution in [0.2, 0.25) is 0 Å². The van der Waals surface area contributed by atoms with Gasteiger partial charge in [-0.25, -0.2) is 0 Å². The number of methoxy groups -OCH3 is 1. The van der Waals surface area contributed by atoms with E-state index >= 15 is 0 Å². The smallest absolute Gasteiger partial charge is 0.248 e. The Hall–Kier alpha value is -1.51. The van der Waals surface area contributed by atoms with Crippen molar-refractivity contribution in [2.24, 2.45) is 5.73 Å². The molecule has 1 aromatic carbocycles. The van der Waals surface area contributed by atoms with Crippen LogP contribution in [0.5, 0.6) is 5.75 Å². The van der Waals surface area contributed by atoms with Gasteiger partial charge in [0.2, 0.25) is 5.91 Å². The minimum atomic E-state index is -0.430. The van der Waals surface area contributed by atoms with Crippen molar-refractivity contribution < 1.29 is 9.53 Å². The van der Waals surface area contributed by atoms with Gasteiger partial charge in [0.1, 0.15) is 5.75 Å². The molecule has 0 atom stereocenters. The number of benzene rings is 1. The highest BCUT2D eigenvalue weighted by molar-refractivity contribution is 5.93. The standard InChI is InChI=1S/C10H13NO2.C2H6/c1-3-7-4-5-8(10(11)12)6-9(7)13-2;1-2/h4-6H,3H2,1-2H3,(H2,11,12);1-2H3. The van der Waals surface area contributed by atoms with Gasteiger partial charge in [-0.2, -0.15) is 0 Å². The number of hydrogen-bond donors (Lipinski definition) is 1. The van der Waals surface area contributed by atoms with Gasteiger partial charge in [0, 0.05) is 5.56 Å². The van der Waals surface area contributed by atoms with E-state index in [0.717, 1.165) is 17.7 Å². The fourth-order valence-corrected chi connectivity index (χ4v) is 1.19. The summed E-state index contributed by atoms with van der Waals surface area (Å²) in [5.41, 5.74) is 6.69. The minimum absolute atomic E-state index is 0.430. The van der Waals surface area contributed by atoms with Gasteiger partial charge in [0.05, 0.1) is 7.11 Å². The number of ether oxygens (including phenoxy) is 1. The number of hydrogen-bond acceptors (Lipinski definition) is 2. The summed E-state index contributed by atoms with van der Waals surface area (Å²) in [7, 11) is 1.58. The number of carbonyl (C=O) groups excluding carboxylic acids is 1. The van der Waals surface area contributed by atoms with Crippen LogP contribution in [0.1, 0.15) is 36.7 Å². The molecule has 0 aliphatic carbocycles. The first-order valence-electron chi connectivity index (χ1n) is 5.15. The van der Waals surface area contributed by atoms with Gasteiger partial charge in [0.25, 0.3) is 0 Å². The first-order valence-corrected chi connectivity index (χ1v) is 5.15. The Morgan fingerprint density at radius 3 is 2.40 bits per heavy atom. The van der Waals surface area contributed by atoms with Crippen LogP contribution in [0.3, 0.4) is 0 Å². The summed E-state index contributed by atoms with van der Waals surface area (Å²) in [4.78, 5) is 10.8. The zero-order chi connectivity index (χ0) is 11.8. The summed E-state index contributed by atoms with van der Waals surface area (Å²) in [5.74, 6) is 0.291. The molecule has 1 aromatic rings. The van der Waals surface area contributed by atoms with Crippen LogP contribution in [-0.2, 0) is 6.42 Å². The van der Waals surface area contributed by atoms with Gasteiger partial charge in [0.15, 0.2) is 0 Å². The molecule has 3 nitrogen and oxygen atoms in total. The van der Waals surface area contributed by atoms with E-state index in [1.165, 1.54) is 0 Å². The van der Waals surface area contributed by atoms with Crippen molar-refractivity contribution >= 4 is 5.91 Å². The second kappa shape index (κ2) is 6.87. The molecular formula is C12H19NO2. The maximum atomic E-state index is 10.8. The highest BCUT2D eigenvalue weighted by Crippen LogP contribution is 2.20. The molecule has 0 fully saturated rings. The van der Waals surface area contributed by atoms with E-state index < -0.39 is 5.91 Å². The van der Waals surface area contributed by atoms with E-state index in [9.17, 15) is 4.79 Å². The average molecular weight is 209 g/mol. The van der Waals surface area contributed by atoms with Crippen molar-refractivity contribution in [3.63, 3.8) is 0 Å². The van der Waals surface area contributed by atoms with E-state index in [-0.39, 0.29) is 0 Å². The van der Waals surface area contributed by atoms with Gasteiger partial charge in [-0.3, -0.25) is 4.79 Å². The molecule has 3 heteroatoms. The van der Waals surface area contributed by atoms with Crippen LogP contribution in [0.15, 0.2) is 18.2 Å². The summed E-state index contributed by atoms with van der Waals surface area (Å²) in [6, 6.07) is 5.24. The molecule has 2 N–H and O–H groups in total. The number of amides is 1. The van der Waals surface area contributed by atoms with Crippen LogP contribution in [0.25, 0.3) is 0 Å². The maximum Gasteiger partial charge on any atom is 0.248 e. The summed E-state index contributed by atoms with van der Waals surface area (Å²) in [6.07, 6.45) is 0.877. The van der Waals surface area contributed by atoms with Crippen molar-refractivity contribution in [1.82, 2.24) is 0 Å². The fraction of sp³-hybridized carbons (Fsp3) is 0.417. The Morgan fingerprint density at radius 1 is 1.40 bits per heavy atom. The van der Waals surface area contributed by atoms with E-state index in [1.54, 1.807) is 19.2 Å². The fourth-order valence-electron chi connectivity index (χ4n) is 1.19. The zero-order valence-corrected chi connectivity index (χ0v) is 9.83. The van der Waals surface area contributed by atoms with Gasteiger partial charge < -0.3 is 10.5 Å². The van der Waals surface area contributed by atoms with Gasteiger partial charge in [-0.15, -0.1) is 0 Å².